The fourth-order valence-electron chi connectivity index (χ4n) is 14.6. The molecule has 1 saturated carbocycles. The van der Waals surface area contributed by atoms with Crippen molar-refractivity contribution in [2.24, 2.45) is 5.92 Å². The van der Waals surface area contributed by atoms with Crippen LogP contribution in [0.2, 0.25) is 0 Å². The maximum Gasteiger partial charge on any atom is 0.262 e. The number of hydrogen-bond donors (Lipinski definition) is 3. The predicted molar refractivity (Wildman–Crippen MR) is 311 cm³/mol. The summed E-state index contributed by atoms with van der Waals surface area (Å²) in [7, 11) is 0. The van der Waals surface area contributed by atoms with Gasteiger partial charge in [0.25, 0.3) is 17.7 Å². The zero-order valence-electron chi connectivity index (χ0n) is 48.0. The van der Waals surface area contributed by atoms with Gasteiger partial charge in [0.05, 0.1) is 45.7 Å². The van der Waals surface area contributed by atoms with Crippen molar-refractivity contribution in [3.05, 3.63) is 94.6 Å². The molecule has 1 atom stereocenters. The van der Waals surface area contributed by atoms with Crippen molar-refractivity contribution < 1.29 is 38.0 Å². The van der Waals surface area contributed by atoms with E-state index < -0.39 is 40.9 Å². The summed E-state index contributed by atoms with van der Waals surface area (Å²) in [4.78, 5) is 117. The number of anilines is 4. The van der Waals surface area contributed by atoms with E-state index in [0.29, 0.717) is 84.8 Å². The van der Waals surface area contributed by atoms with Crippen molar-refractivity contribution in [2.45, 2.75) is 147 Å². The Balaban J connectivity index is 0.699. The number of fused-ring (bicyclic) bond motifs is 4. The second kappa shape index (κ2) is 21.2. The molecule has 2 aromatic heterocycles. The molecule has 5 aromatic rings. The standard InChI is InChI=1S/C63H73FN12O7/c1-35(2)66-57(78)45-30-50(48(64)25-37(45)5)68-56-55-51(65-34-74(55)36(3)4)31-49(67-56)38-9-12-47-53(26-38)75(43-27-42(28-43)70-19-7-6-8-20-70)62(83)63(47)17-23-72(24-18-63)59(80)39-32-73(33-39)40-15-21-71(22-16-40)41-10-11-44-46(29-41)61(82)76(60(44)81)52-13-14-54(77)69-58(52)79/h9-12,25-26,29-31,34-36,39-40,42-43,52H,6-8,13-24,27-28,32-33H2,1-5H3,(H,66,78)(H,67,68)(H,69,77,79)/t42-,43+,52?. The van der Waals surface area contributed by atoms with E-state index in [0.717, 1.165) is 79.3 Å². The molecular formula is C63H73FN12O7. The topological polar surface area (TPSA) is 206 Å². The van der Waals surface area contributed by atoms with Crippen LogP contribution < -0.4 is 25.8 Å². The number of aromatic nitrogens is 3. The Bertz CT molecular complexity index is 3510. The zero-order valence-corrected chi connectivity index (χ0v) is 48.0. The number of carbonyl (C=O) groups is 7. The summed E-state index contributed by atoms with van der Waals surface area (Å²) in [5.74, 6) is -2.36. The molecule has 3 N–H and O–H groups in total. The molecule has 19 nitrogen and oxygen atoms in total. The first kappa shape index (κ1) is 54.7. The van der Waals surface area contributed by atoms with Gasteiger partial charge in [-0.15, -0.1) is 0 Å². The van der Waals surface area contributed by atoms with Crippen LogP contribution in [0.4, 0.5) is 27.3 Å². The Hall–Kier alpha value is -7.58. The molecule has 7 aliphatic heterocycles. The second-order valence-electron chi connectivity index (χ2n) is 25.1. The van der Waals surface area contributed by atoms with Crippen LogP contribution in [0.1, 0.15) is 147 Å². The number of imidazole rings is 1. The molecule has 13 rings (SSSR count). The number of imide groups is 2. The average molecular weight is 1130 g/mol. The number of carbonyl (C=O) groups excluding carboxylic acids is 7. The van der Waals surface area contributed by atoms with E-state index in [1.807, 2.05) is 55.4 Å². The Morgan fingerprint density at radius 2 is 1.51 bits per heavy atom. The minimum atomic E-state index is -1.01. The summed E-state index contributed by atoms with van der Waals surface area (Å²) in [6.45, 7) is 15.6. The Kier molecular flexibility index (Phi) is 14.0. The summed E-state index contributed by atoms with van der Waals surface area (Å²) < 4.78 is 17.9. The highest BCUT2D eigenvalue weighted by Crippen LogP contribution is 2.53. The van der Waals surface area contributed by atoms with Gasteiger partial charge < -0.3 is 34.8 Å². The Labute approximate surface area is 482 Å². The van der Waals surface area contributed by atoms with Gasteiger partial charge >= 0.3 is 0 Å². The van der Waals surface area contributed by atoms with Crippen LogP contribution in [-0.4, -0.2) is 158 Å². The Morgan fingerprint density at radius 1 is 0.771 bits per heavy atom. The first-order valence-electron chi connectivity index (χ1n) is 30.1. The van der Waals surface area contributed by atoms with E-state index in [4.69, 9.17) is 9.97 Å². The van der Waals surface area contributed by atoms with E-state index in [1.54, 1.807) is 25.4 Å². The number of aryl methyl sites for hydroxylation is 1. The normalized spacial score (nSPS) is 23.3. The lowest BCUT2D eigenvalue weighted by molar-refractivity contribution is -0.145. The summed E-state index contributed by atoms with van der Waals surface area (Å²) in [5.41, 5.74) is 6.22. The van der Waals surface area contributed by atoms with Crippen molar-refractivity contribution in [1.29, 1.82) is 0 Å². The molecule has 83 heavy (non-hydrogen) atoms. The molecule has 7 amide bonds. The number of pyridine rings is 1. The average Bonchev–Trinajstić information content (AvgIpc) is 3.11. The number of hydrogen-bond acceptors (Lipinski definition) is 13. The van der Waals surface area contributed by atoms with Gasteiger partial charge in [0.15, 0.2) is 5.82 Å². The molecule has 0 radical (unpaired) electrons. The summed E-state index contributed by atoms with van der Waals surface area (Å²) in [5, 5.41) is 8.46. The van der Waals surface area contributed by atoms with Crippen molar-refractivity contribution in [3.63, 3.8) is 0 Å². The van der Waals surface area contributed by atoms with Crippen LogP contribution in [0.15, 0.2) is 60.9 Å². The Morgan fingerprint density at radius 3 is 2.22 bits per heavy atom. The first-order chi connectivity index (χ1) is 39.9. The molecule has 5 saturated heterocycles. The zero-order chi connectivity index (χ0) is 57.7. The summed E-state index contributed by atoms with van der Waals surface area (Å²) in [6.07, 6.45) is 10.2. The van der Waals surface area contributed by atoms with Crippen molar-refractivity contribution >= 4 is 75.3 Å². The van der Waals surface area contributed by atoms with Gasteiger partial charge in [-0.2, -0.15) is 0 Å². The third kappa shape index (κ3) is 9.53. The number of halogens is 1. The van der Waals surface area contributed by atoms with Crippen LogP contribution in [0.25, 0.3) is 22.3 Å². The van der Waals surface area contributed by atoms with E-state index in [2.05, 4.69) is 47.7 Å². The van der Waals surface area contributed by atoms with Crippen LogP contribution in [0.5, 0.6) is 0 Å². The maximum atomic E-state index is 15.9. The SMILES string of the molecule is Cc1cc(F)c(Nc2nc(-c3ccc4c(c3)N([C@H]3C[C@@H](N5CCCCC5)C3)C(=O)C43CCN(C(=O)C4CN(C5CCN(c6ccc7c(c6)C(=O)N(C6CCC(=O)NC6=O)C7=O)CC5)C4)CC3)cc3ncn(C(C)C)c23)cc1C(=O)NC(C)C. The smallest absolute Gasteiger partial charge is 0.262 e. The van der Waals surface area contributed by atoms with Gasteiger partial charge in [-0.3, -0.25) is 48.7 Å². The molecule has 8 aliphatic rings. The first-order valence-corrected chi connectivity index (χ1v) is 30.1. The molecule has 3 aromatic carbocycles. The number of piperidine rings is 4. The fourth-order valence-corrected chi connectivity index (χ4v) is 14.6. The number of nitrogens with zero attached hydrogens (tertiary/aromatic N) is 9. The number of likely N-dealkylation sites (tertiary alicyclic amines) is 3. The highest BCUT2D eigenvalue weighted by Gasteiger charge is 2.56. The van der Waals surface area contributed by atoms with Crippen LogP contribution in [-0.2, 0) is 24.6 Å². The van der Waals surface area contributed by atoms with Crippen LogP contribution >= 0.6 is 0 Å². The van der Waals surface area contributed by atoms with Crippen LogP contribution in [0, 0.1) is 18.7 Å². The predicted octanol–water partition coefficient (Wildman–Crippen LogP) is 7.23. The molecule has 9 heterocycles. The number of nitrogens with one attached hydrogen (secondary N) is 3. The van der Waals surface area contributed by atoms with E-state index in [9.17, 15) is 28.8 Å². The lowest BCUT2D eigenvalue weighted by Gasteiger charge is -2.49. The number of rotatable bonds is 12. The lowest BCUT2D eigenvalue weighted by atomic mass is 9.73. The molecular weight excluding hydrogens is 1060 g/mol. The van der Waals surface area contributed by atoms with Gasteiger partial charge in [-0.25, -0.2) is 14.4 Å². The van der Waals surface area contributed by atoms with Gasteiger partial charge in [-0.05, 0) is 159 Å². The van der Waals surface area contributed by atoms with E-state index >= 15 is 9.18 Å². The highest BCUT2D eigenvalue weighted by molar-refractivity contribution is 6.24. The van der Waals surface area contributed by atoms with Gasteiger partial charge in [0, 0.05) is 98.4 Å². The maximum absolute atomic E-state index is 15.9. The third-order valence-electron chi connectivity index (χ3n) is 19.4. The summed E-state index contributed by atoms with van der Waals surface area (Å²) >= 11 is 0. The number of amides is 7. The van der Waals surface area contributed by atoms with Gasteiger partial charge in [0.2, 0.25) is 23.6 Å². The quantitative estimate of drug-likeness (QED) is 0.106. The van der Waals surface area contributed by atoms with Gasteiger partial charge in [-0.1, -0.05) is 18.6 Å². The number of benzene rings is 3. The molecule has 1 spiro atoms. The minimum Gasteiger partial charge on any atom is -0.371 e. The molecule has 20 heteroatoms. The molecule has 6 fully saturated rings. The van der Waals surface area contributed by atoms with Crippen molar-refractivity contribution in [3.8, 4) is 11.3 Å². The minimum absolute atomic E-state index is 0.0111. The van der Waals surface area contributed by atoms with Crippen molar-refractivity contribution in [1.82, 2.24) is 44.8 Å². The molecule has 434 valence electrons. The van der Waals surface area contributed by atoms with Crippen LogP contribution in [0.3, 0.4) is 0 Å². The lowest BCUT2D eigenvalue weighted by Crippen LogP contribution is -2.61. The monoisotopic (exact) mass is 1130 g/mol. The molecule has 1 aliphatic carbocycles. The largest absolute Gasteiger partial charge is 0.371 e. The third-order valence-corrected chi connectivity index (χ3v) is 19.4. The molecule has 1 unspecified atom stereocenters. The van der Waals surface area contributed by atoms with Gasteiger partial charge in [0.1, 0.15) is 17.4 Å². The summed E-state index contributed by atoms with van der Waals surface area (Å²) in [6, 6.07) is 16.0. The van der Waals surface area contributed by atoms with E-state index in [-0.39, 0.29) is 71.4 Å². The van der Waals surface area contributed by atoms with E-state index in [1.165, 1.54) is 31.4 Å². The second-order valence-corrected chi connectivity index (χ2v) is 25.1. The molecule has 0 bridgehead atoms. The van der Waals surface area contributed by atoms with Crippen molar-refractivity contribution in [2.75, 3.05) is 67.5 Å². The fraction of sp³-hybridized carbons (Fsp3) is 0.508. The highest BCUT2D eigenvalue weighted by atomic mass is 19.1.